The molecule has 0 atom stereocenters. The Morgan fingerprint density at radius 3 is 2.04 bits per heavy atom. The average molecular weight is 326 g/mol. The predicted octanol–water partition coefficient (Wildman–Crippen LogP) is 3.09. The molecule has 2 aromatic carbocycles. The first-order valence-corrected chi connectivity index (χ1v) is 8.59. The Labute approximate surface area is 140 Å². The number of nitrogens with zero attached hydrogens (tertiary/aromatic N) is 2. The van der Waals surface area contributed by atoms with Gasteiger partial charge in [0.05, 0.1) is 17.8 Å². The lowest BCUT2D eigenvalue weighted by molar-refractivity contribution is 0.0559. The Kier molecular flexibility index (Phi) is 4.50. The Balaban J connectivity index is 1.67. The van der Waals surface area contributed by atoms with E-state index in [-0.39, 0.29) is 18.5 Å². The molecule has 2 aromatic rings. The molecule has 0 bridgehead atoms. The van der Waals surface area contributed by atoms with E-state index in [9.17, 15) is 9.59 Å². The molecule has 0 radical (unpaired) electrons. The summed E-state index contributed by atoms with van der Waals surface area (Å²) in [6.07, 6.45) is 2.05. The fourth-order valence-corrected chi connectivity index (χ4v) is 3.11. The summed E-state index contributed by atoms with van der Waals surface area (Å²) in [5.41, 5.74) is 2.15. The first kappa shape index (κ1) is 15.8. The lowest BCUT2D eigenvalue weighted by Crippen LogP contribution is -2.39. The summed E-state index contributed by atoms with van der Waals surface area (Å²) in [6.45, 7) is 0.971. The second-order valence-electron chi connectivity index (χ2n) is 5.59. The number of amides is 2. The van der Waals surface area contributed by atoms with Crippen molar-refractivity contribution in [2.75, 3.05) is 20.0 Å². The second-order valence-corrected chi connectivity index (χ2v) is 6.47. The van der Waals surface area contributed by atoms with E-state index in [1.54, 1.807) is 36.0 Å². The van der Waals surface area contributed by atoms with Crippen LogP contribution in [0.2, 0.25) is 0 Å². The van der Waals surface area contributed by atoms with E-state index >= 15 is 0 Å². The van der Waals surface area contributed by atoms with Crippen LogP contribution in [0.3, 0.4) is 0 Å². The van der Waals surface area contributed by atoms with Crippen molar-refractivity contribution in [3.63, 3.8) is 0 Å². The van der Waals surface area contributed by atoms with Crippen LogP contribution in [0, 0.1) is 0 Å². The molecule has 0 spiro atoms. The van der Waals surface area contributed by atoms with Crippen molar-refractivity contribution in [1.29, 1.82) is 0 Å². The number of benzene rings is 2. The molecule has 0 aromatic heterocycles. The van der Waals surface area contributed by atoms with Crippen LogP contribution in [0.15, 0.2) is 53.4 Å². The monoisotopic (exact) mass is 326 g/mol. The van der Waals surface area contributed by atoms with Crippen LogP contribution in [0.4, 0.5) is 0 Å². The predicted molar refractivity (Wildman–Crippen MR) is 91.5 cm³/mol. The number of fused-ring (bicyclic) bond motifs is 1. The Bertz CT molecular complexity index is 708. The highest BCUT2D eigenvalue weighted by Crippen LogP contribution is 2.23. The number of imide groups is 1. The number of thioether (sulfide) groups is 1. The summed E-state index contributed by atoms with van der Waals surface area (Å²) >= 11 is 1.70. The Morgan fingerprint density at radius 2 is 1.52 bits per heavy atom. The summed E-state index contributed by atoms with van der Waals surface area (Å²) < 4.78 is 0. The van der Waals surface area contributed by atoms with E-state index in [1.807, 2.05) is 18.2 Å². The van der Waals surface area contributed by atoms with Crippen LogP contribution in [-0.2, 0) is 6.54 Å². The van der Waals surface area contributed by atoms with Gasteiger partial charge in [0.25, 0.3) is 11.8 Å². The van der Waals surface area contributed by atoms with E-state index < -0.39 is 0 Å². The Morgan fingerprint density at radius 1 is 0.957 bits per heavy atom. The summed E-state index contributed by atoms with van der Waals surface area (Å²) in [6, 6.07) is 15.3. The van der Waals surface area contributed by atoms with Gasteiger partial charge in [-0.3, -0.25) is 19.4 Å². The van der Waals surface area contributed by atoms with Gasteiger partial charge < -0.3 is 0 Å². The minimum atomic E-state index is -0.213. The molecule has 1 heterocycles. The minimum absolute atomic E-state index is 0.213. The topological polar surface area (TPSA) is 40.6 Å². The number of hydrogen-bond acceptors (Lipinski definition) is 4. The lowest BCUT2D eigenvalue weighted by atomic mass is 10.1. The molecule has 0 saturated heterocycles. The maximum Gasteiger partial charge on any atom is 0.262 e. The number of hydrogen-bond donors (Lipinski definition) is 0. The summed E-state index contributed by atoms with van der Waals surface area (Å²) in [5.74, 6) is -0.426. The third-order valence-electron chi connectivity index (χ3n) is 3.87. The zero-order valence-electron chi connectivity index (χ0n) is 13.2. The van der Waals surface area contributed by atoms with Gasteiger partial charge in [0.15, 0.2) is 0 Å². The fourth-order valence-electron chi connectivity index (χ4n) is 2.70. The largest absolute Gasteiger partial charge is 0.284 e. The zero-order chi connectivity index (χ0) is 16.4. The highest BCUT2D eigenvalue weighted by molar-refractivity contribution is 7.98. The number of rotatable bonds is 5. The molecule has 0 N–H and O–H groups in total. The third-order valence-corrected chi connectivity index (χ3v) is 4.62. The van der Waals surface area contributed by atoms with Gasteiger partial charge in [-0.25, -0.2) is 0 Å². The van der Waals surface area contributed by atoms with Crippen molar-refractivity contribution < 1.29 is 9.59 Å². The van der Waals surface area contributed by atoms with Crippen molar-refractivity contribution in [1.82, 2.24) is 9.80 Å². The van der Waals surface area contributed by atoms with E-state index in [2.05, 4.69) is 24.3 Å². The summed E-state index contributed by atoms with van der Waals surface area (Å²) in [7, 11) is 1.91. The summed E-state index contributed by atoms with van der Waals surface area (Å²) in [5, 5.41) is 0. The second kappa shape index (κ2) is 6.56. The van der Waals surface area contributed by atoms with Crippen LogP contribution in [0.5, 0.6) is 0 Å². The molecule has 0 fully saturated rings. The van der Waals surface area contributed by atoms with E-state index in [0.29, 0.717) is 17.7 Å². The third kappa shape index (κ3) is 3.16. The van der Waals surface area contributed by atoms with Gasteiger partial charge in [-0.05, 0) is 43.1 Å². The molecule has 118 valence electrons. The van der Waals surface area contributed by atoms with Crippen LogP contribution in [0.1, 0.15) is 26.3 Å². The molecule has 0 aliphatic carbocycles. The van der Waals surface area contributed by atoms with E-state index in [4.69, 9.17) is 0 Å². The molecule has 5 heteroatoms. The molecule has 3 rings (SSSR count). The van der Waals surface area contributed by atoms with E-state index in [1.165, 1.54) is 9.80 Å². The van der Waals surface area contributed by atoms with Crippen molar-refractivity contribution in [3.05, 3.63) is 65.2 Å². The molecule has 4 nitrogen and oxygen atoms in total. The van der Waals surface area contributed by atoms with Crippen LogP contribution in [0.25, 0.3) is 0 Å². The minimum Gasteiger partial charge on any atom is -0.284 e. The first-order chi connectivity index (χ1) is 11.1. The number of carbonyl (C=O) groups is 2. The van der Waals surface area contributed by atoms with Gasteiger partial charge in [0, 0.05) is 11.4 Å². The van der Waals surface area contributed by atoms with Crippen molar-refractivity contribution in [3.8, 4) is 0 Å². The van der Waals surface area contributed by atoms with Gasteiger partial charge >= 0.3 is 0 Å². The van der Waals surface area contributed by atoms with Gasteiger partial charge in [-0.15, -0.1) is 11.8 Å². The maximum atomic E-state index is 12.4. The quantitative estimate of drug-likeness (QED) is 0.625. The van der Waals surface area contributed by atoms with Gasteiger partial charge in [0.1, 0.15) is 0 Å². The Hall–Kier alpha value is -2.11. The number of carbonyl (C=O) groups excluding carboxylic acids is 2. The highest BCUT2D eigenvalue weighted by Gasteiger charge is 2.35. The molecular formula is C18H18N2O2S. The highest BCUT2D eigenvalue weighted by atomic mass is 32.2. The van der Waals surface area contributed by atoms with Gasteiger partial charge in [0.2, 0.25) is 0 Å². The average Bonchev–Trinajstić information content (AvgIpc) is 2.81. The standard InChI is InChI=1S/C18H18N2O2S/c1-19(11-13-7-9-14(23-2)10-8-13)12-20-17(21)15-5-3-4-6-16(15)18(20)22/h3-10H,11-12H2,1-2H3. The molecule has 23 heavy (non-hydrogen) atoms. The van der Waals surface area contributed by atoms with Crippen LogP contribution in [-0.4, -0.2) is 41.6 Å². The SMILES string of the molecule is CSc1ccc(CN(C)CN2C(=O)c3ccccc3C2=O)cc1. The van der Waals surface area contributed by atoms with E-state index in [0.717, 1.165) is 5.56 Å². The van der Waals surface area contributed by atoms with Gasteiger partial charge in [-0.1, -0.05) is 24.3 Å². The molecule has 1 aliphatic rings. The summed E-state index contributed by atoms with van der Waals surface area (Å²) in [4.78, 5) is 29.2. The molecular weight excluding hydrogens is 308 g/mol. The molecule has 1 aliphatic heterocycles. The van der Waals surface area contributed by atoms with Crippen LogP contribution >= 0.6 is 11.8 Å². The molecule has 0 saturated carbocycles. The van der Waals surface area contributed by atoms with Crippen LogP contribution < -0.4 is 0 Å². The smallest absolute Gasteiger partial charge is 0.262 e. The maximum absolute atomic E-state index is 12.4. The van der Waals surface area contributed by atoms with Crippen molar-refractivity contribution in [2.24, 2.45) is 0 Å². The fraction of sp³-hybridized carbons (Fsp3) is 0.222. The normalized spacial score (nSPS) is 13.8. The first-order valence-electron chi connectivity index (χ1n) is 7.37. The molecule has 2 amide bonds. The zero-order valence-corrected chi connectivity index (χ0v) is 14.0. The lowest BCUT2D eigenvalue weighted by Gasteiger charge is -2.22. The van der Waals surface area contributed by atoms with Gasteiger partial charge in [-0.2, -0.15) is 0 Å². The molecule has 0 unspecified atom stereocenters. The van der Waals surface area contributed by atoms with Crippen molar-refractivity contribution in [2.45, 2.75) is 11.4 Å². The van der Waals surface area contributed by atoms with Crippen molar-refractivity contribution >= 4 is 23.6 Å².